The molecule has 0 aliphatic carbocycles. The summed E-state index contributed by atoms with van der Waals surface area (Å²) in [7, 11) is 0. The van der Waals surface area contributed by atoms with Crippen LogP contribution in [0.4, 0.5) is 0 Å². The highest BCUT2D eigenvalue weighted by molar-refractivity contribution is 5.67. The maximum Gasteiger partial charge on any atom is 0.304 e. The smallest absolute Gasteiger partial charge is 0.304 e. The van der Waals surface area contributed by atoms with Gasteiger partial charge in [-0.3, -0.25) is 4.79 Å². The van der Waals surface area contributed by atoms with Gasteiger partial charge in [-0.05, 0) is 12.1 Å². The van der Waals surface area contributed by atoms with Crippen LogP contribution in [0.15, 0.2) is 18.3 Å². The number of H-pyrrole nitrogens is 1. The van der Waals surface area contributed by atoms with Gasteiger partial charge in [-0.2, -0.15) is 0 Å². The van der Waals surface area contributed by atoms with Gasteiger partial charge in [0.25, 0.3) is 0 Å². The van der Waals surface area contributed by atoms with E-state index < -0.39 is 5.97 Å². The first kappa shape index (κ1) is 8.80. The number of carboxylic acid groups (broad SMARTS) is 1. The summed E-state index contributed by atoms with van der Waals surface area (Å²) in [5.41, 5.74) is 0.764. The molecule has 0 radical (unpaired) electrons. The van der Waals surface area contributed by atoms with E-state index >= 15 is 0 Å². The highest BCUT2D eigenvalue weighted by Crippen LogP contribution is 2.16. The van der Waals surface area contributed by atoms with E-state index in [1.54, 1.807) is 18.3 Å². The molecule has 1 aromatic rings. The first-order chi connectivity index (χ1) is 5.74. The van der Waals surface area contributed by atoms with Crippen LogP contribution in [0.2, 0.25) is 0 Å². The van der Waals surface area contributed by atoms with Gasteiger partial charge in [0.2, 0.25) is 0 Å². The molecule has 0 fully saturated rings. The Morgan fingerprint density at radius 1 is 1.67 bits per heavy atom. The van der Waals surface area contributed by atoms with Crippen molar-refractivity contribution < 1.29 is 15.0 Å². The third-order valence-corrected chi connectivity index (χ3v) is 1.70. The molecule has 0 aliphatic rings. The second-order valence-corrected chi connectivity index (χ2v) is 2.60. The average molecular weight is 169 g/mol. The molecule has 0 bridgehead atoms. The Morgan fingerprint density at radius 2 is 2.42 bits per heavy atom. The zero-order valence-electron chi connectivity index (χ0n) is 6.53. The highest BCUT2D eigenvalue weighted by atomic mass is 16.4. The van der Waals surface area contributed by atoms with Gasteiger partial charge in [0.05, 0.1) is 13.0 Å². The fraction of sp³-hybridized carbons (Fsp3) is 0.375. The molecule has 1 rings (SSSR count). The van der Waals surface area contributed by atoms with Crippen LogP contribution in [0.25, 0.3) is 0 Å². The number of aromatic nitrogens is 1. The number of aliphatic hydroxyl groups is 1. The molecule has 4 nitrogen and oxygen atoms in total. The lowest BCUT2D eigenvalue weighted by Crippen LogP contribution is -2.10. The van der Waals surface area contributed by atoms with Gasteiger partial charge < -0.3 is 15.2 Å². The summed E-state index contributed by atoms with van der Waals surface area (Å²) >= 11 is 0. The molecule has 3 N–H and O–H groups in total. The van der Waals surface area contributed by atoms with Crippen molar-refractivity contribution in [1.82, 2.24) is 4.98 Å². The standard InChI is InChI=1S/C8H11NO3/c10-5-6(4-8(11)12)7-2-1-3-9-7/h1-3,6,9-10H,4-5H2,(H,11,12). The molecule has 0 saturated carbocycles. The van der Waals surface area contributed by atoms with Gasteiger partial charge in [0.1, 0.15) is 0 Å². The van der Waals surface area contributed by atoms with E-state index in [0.29, 0.717) is 0 Å². The normalized spacial score (nSPS) is 12.8. The zero-order chi connectivity index (χ0) is 8.97. The van der Waals surface area contributed by atoms with Gasteiger partial charge in [0.15, 0.2) is 0 Å². The average Bonchev–Trinajstić information content (AvgIpc) is 2.51. The van der Waals surface area contributed by atoms with Gasteiger partial charge in [-0.15, -0.1) is 0 Å². The Balaban J connectivity index is 2.63. The third-order valence-electron chi connectivity index (χ3n) is 1.70. The van der Waals surface area contributed by atoms with Crippen LogP contribution in [0.5, 0.6) is 0 Å². The molecule has 1 aromatic heterocycles. The van der Waals surface area contributed by atoms with Crippen LogP contribution in [-0.2, 0) is 4.79 Å². The zero-order valence-corrected chi connectivity index (χ0v) is 6.53. The molecule has 12 heavy (non-hydrogen) atoms. The maximum atomic E-state index is 10.3. The Bertz CT molecular complexity index is 243. The Morgan fingerprint density at radius 3 is 2.83 bits per heavy atom. The number of nitrogens with one attached hydrogen (secondary N) is 1. The molecule has 1 heterocycles. The van der Waals surface area contributed by atoms with Crippen LogP contribution in [0, 0.1) is 0 Å². The minimum absolute atomic E-state index is 0.0446. The Labute approximate surface area is 69.9 Å². The molecule has 4 heteroatoms. The molecule has 0 saturated heterocycles. The number of aliphatic hydroxyl groups excluding tert-OH is 1. The van der Waals surface area contributed by atoms with Gasteiger partial charge in [-0.1, -0.05) is 0 Å². The number of aromatic amines is 1. The lowest BCUT2D eigenvalue weighted by atomic mass is 10.0. The second-order valence-electron chi connectivity index (χ2n) is 2.60. The van der Waals surface area contributed by atoms with Crippen LogP contribution >= 0.6 is 0 Å². The van der Waals surface area contributed by atoms with Crippen molar-refractivity contribution in [3.8, 4) is 0 Å². The van der Waals surface area contributed by atoms with Crippen molar-refractivity contribution in [3.63, 3.8) is 0 Å². The van der Waals surface area contributed by atoms with Crippen molar-refractivity contribution in [3.05, 3.63) is 24.0 Å². The van der Waals surface area contributed by atoms with E-state index in [9.17, 15) is 4.79 Å². The third kappa shape index (κ3) is 2.10. The van der Waals surface area contributed by atoms with Gasteiger partial charge >= 0.3 is 5.97 Å². The summed E-state index contributed by atoms with van der Waals surface area (Å²) in [5.74, 6) is -1.22. The van der Waals surface area contributed by atoms with Crippen LogP contribution < -0.4 is 0 Å². The molecule has 0 amide bonds. The topological polar surface area (TPSA) is 73.3 Å². The first-order valence-electron chi connectivity index (χ1n) is 3.70. The highest BCUT2D eigenvalue weighted by Gasteiger charge is 2.14. The fourth-order valence-electron chi connectivity index (χ4n) is 1.08. The van der Waals surface area contributed by atoms with Crippen LogP contribution in [0.1, 0.15) is 18.0 Å². The lowest BCUT2D eigenvalue weighted by Gasteiger charge is -2.08. The molecule has 0 aromatic carbocycles. The molecule has 1 atom stereocenters. The van der Waals surface area contributed by atoms with Crippen LogP contribution in [-0.4, -0.2) is 27.8 Å². The van der Waals surface area contributed by atoms with E-state index in [4.69, 9.17) is 10.2 Å². The minimum atomic E-state index is -0.899. The first-order valence-corrected chi connectivity index (χ1v) is 3.70. The quantitative estimate of drug-likeness (QED) is 0.616. The predicted octanol–water partition coefficient (Wildman–Crippen LogP) is 0.565. The molecular weight excluding hydrogens is 158 g/mol. The number of aliphatic carboxylic acids is 1. The monoisotopic (exact) mass is 169 g/mol. The number of carbonyl (C=O) groups is 1. The molecular formula is C8H11NO3. The number of carboxylic acids is 1. The van der Waals surface area contributed by atoms with Crippen molar-refractivity contribution in [1.29, 1.82) is 0 Å². The van der Waals surface area contributed by atoms with Crippen molar-refractivity contribution in [2.75, 3.05) is 6.61 Å². The Kier molecular flexibility index (Phi) is 2.88. The van der Waals surface area contributed by atoms with Gasteiger partial charge in [0, 0.05) is 17.8 Å². The fourth-order valence-corrected chi connectivity index (χ4v) is 1.08. The largest absolute Gasteiger partial charge is 0.481 e. The SMILES string of the molecule is O=C(O)CC(CO)c1ccc[nH]1. The van der Waals surface area contributed by atoms with E-state index in [1.165, 1.54) is 0 Å². The number of rotatable bonds is 4. The number of hydrogen-bond acceptors (Lipinski definition) is 2. The predicted molar refractivity (Wildman–Crippen MR) is 42.9 cm³/mol. The molecule has 66 valence electrons. The Hall–Kier alpha value is -1.29. The summed E-state index contributed by atoms with van der Waals surface area (Å²) in [6.45, 7) is -0.146. The van der Waals surface area contributed by atoms with Crippen LogP contribution in [0.3, 0.4) is 0 Å². The minimum Gasteiger partial charge on any atom is -0.481 e. The number of hydrogen-bond donors (Lipinski definition) is 3. The van der Waals surface area contributed by atoms with Gasteiger partial charge in [-0.25, -0.2) is 0 Å². The van der Waals surface area contributed by atoms with E-state index in [0.717, 1.165) is 5.69 Å². The summed E-state index contributed by atoms with van der Waals surface area (Å²) in [6.07, 6.45) is 1.66. The summed E-state index contributed by atoms with van der Waals surface area (Å²) in [6, 6.07) is 3.55. The van der Waals surface area contributed by atoms with E-state index in [-0.39, 0.29) is 18.9 Å². The summed E-state index contributed by atoms with van der Waals surface area (Å²) in [4.78, 5) is 13.2. The summed E-state index contributed by atoms with van der Waals surface area (Å²) < 4.78 is 0. The molecule has 1 unspecified atom stereocenters. The van der Waals surface area contributed by atoms with Crippen molar-refractivity contribution in [2.24, 2.45) is 0 Å². The van der Waals surface area contributed by atoms with E-state index in [2.05, 4.69) is 4.98 Å². The van der Waals surface area contributed by atoms with E-state index in [1.807, 2.05) is 0 Å². The lowest BCUT2D eigenvalue weighted by molar-refractivity contribution is -0.137. The molecule has 0 aliphatic heterocycles. The second kappa shape index (κ2) is 3.92. The summed E-state index contributed by atoms with van der Waals surface area (Å²) in [5, 5.41) is 17.4. The van der Waals surface area contributed by atoms with Crippen molar-refractivity contribution in [2.45, 2.75) is 12.3 Å². The molecule has 0 spiro atoms. The van der Waals surface area contributed by atoms with Crippen molar-refractivity contribution >= 4 is 5.97 Å². The maximum absolute atomic E-state index is 10.3.